The van der Waals surface area contributed by atoms with Gasteiger partial charge < -0.3 is 9.64 Å². The van der Waals surface area contributed by atoms with E-state index in [1.165, 1.54) is 12.8 Å². The molecule has 1 aliphatic carbocycles. The summed E-state index contributed by atoms with van der Waals surface area (Å²) in [7, 11) is 0. The van der Waals surface area contributed by atoms with Gasteiger partial charge in [-0.3, -0.25) is 14.8 Å². The van der Waals surface area contributed by atoms with Crippen LogP contribution in [0.3, 0.4) is 0 Å². The van der Waals surface area contributed by atoms with Crippen molar-refractivity contribution in [2.24, 2.45) is 5.92 Å². The van der Waals surface area contributed by atoms with Gasteiger partial charge in [0, 0.05) is 18.7 Å². The molecule has 1 aliphatic heterocycles. The van der Waals surface area contributed by atoms with E-state index in [0.29, 0.717) is 25.6 Å². The average molecular weight is 275 g/mol. The SMILES string of the molecule is Cc1cnc([C@@H]2CN(C(=O)C3CCCC3)CCO2)cn1. The van der Waals surface area contributed by atoms with Crippen LogP contribution >= 0.6 is 0 Å². The van der Waals surface area contributed by atoms with Gasteiger partial charge in [-0.2, -0.15) is 0 Å². The summed E-state index contributed by atoms with van der Waals surface area (Å²) in [5, 5.41) is 0. The Balaban J connectivity index is 1.66. The highest BCUT2D eigenvalue weighted by molar-refractivity contribution is 5.79. The van der Waals surface area contributed by atoms with Crippen LogP contribution < -0.4 is 0 Å². The Kier molecular flexibility index (Phi) is 3.96. The highest BCUT2D eigenvalue weighted by Gasteiger charge is 2.31. The lowest BCUT2D eigenvalue weighted by Gasteiger charge is -2.34. The first kappa shape index (κ1) is 13.5. The fraction of sp³-hybridized carbons (Fsp3) is 0.667. The lowest BCUT2D eigenvalue weighted by atomic mass is 10.1. The second kappa shape index (κ2) is 5.87. The van der Waals surface area contributed by atoms with Crippen molar-refractivity contribution in [3.05, 3.63) is 23.8 Å². The number of ether oxygens (including phenoxy) is 1. The molecular formula is C15H21N3O2. The molecule has 2 heterocycles. The van der Waals surface area contributed by atoms with Crippen molar-refractivity contribution in [3.63, 3.8) is 0 Å². The summed E-state index contributed by atoms with van der Waals surface area (Å²) in [6.07, 6.45) is 7.83. The summed E-state index contributed by atoms with van der Waals surface area (Å²) in [6.45, 7) is 3.80. The van der Waals surface area contributed by atoms with E-state index in [0.717, 1.165) is 24.2 Å². The Morgan fingerprint density at radius 2 is 2.10 bits per heavy atom. The molecule has 1 aromatic heterocycles. The maximum Gasteiger partial charge on any atom is 0.225 e. The second-order valence-corrected chi connectivity index (χ2v) is 5.71. The van der Waals surface area contributed by atoms with Crippen LogP contribution in [0.15, 0.2) is 12.4 Å². The molecule has 1 atom stereocenters. The van der Waals surface area contributed by atoms with Gasteiger partial charge in [-0.15, -0.1) is 0 Å². The van der Waals surface area contributed by atoms with Gasteiger partial charge in [0.25, 0.3) is 0 Å². The largest absolute Gasteiger partial charge is 0.368 e. The Labute approximate surface area is 119 Å². The number of aromatic nitrogens is 2. The van der Waals surface area contributed by atoms with Crippen LogP contribution in [-0.2, 0) is 9.53 Å². The van der Waals surface area contributed by atoms with Crippen LogP contribution in [-0.4, -0.2) is 40.5 Å². The maximum absolute atomic E-state index is 12.5. The normalized spacial score (nSPS) is 24.1. The highest BCUT2D eigenvalue weighted by Crippen LogP contribution is 2.28. The van der Waals surface area contributed by atoms with Crippen molar-refractivity contribution in [2.75, 3.05) is 19.7 Å². The quantitative estimate of drug-likeness (QED) is 0.827. The Hall–Kier alpha value is -1.49. The highest BCUT2D eigenvalue weighted by atomic mass is 16.5. The summed E-state index contributed by atoms with van der Waals surface area (Å²) in [6, 6.07) is 0. The van der Waals surface area contributed by atoms with E-state index in [2.05, 4.69) is 9.97 Å². The standard InChI is InChI=1S/C15H21N3O2/c1-11-8-17-13(9-16-11)14-10-18(6-7-20-14)15(19)12-4-2-3-5-12/h8-9,12,14H,2-7,10H2,1H3/t14-/m0/s1. The molecule has 108 valence electrons. The van der Waals surface area contributed by atoms with Crippen molar-refractivity contribution in [1.29, 1.82) is 0 Å². The van der Waals surface area contributed by atoms with E-state index in [4.69, 9.17) is 4.74 Å². The first-order chi connectivity index (χ1) is 9.74. The number of carbonyl (C=O) groups is 1. The van der Waals surface area contributed by atoms with Crippen molar-refractivity contribution < 1.29 is 9.53 Å². The zero-order valence-corrected chi connectivity index (χ0v) is 11.9. The number of aryl methyl sites for hydroxylation is 1. The summed E-state index contributed by atoms with van der Waals surface area (Å²) < 4.78 is 5.75. The van der Waals surface area contributed by atoms with Crippen molar-refractivity contribution >= 4 is 5.91 Å². The van der Waals surface area contributed by atoms with Crippen molar-refractivity contribution in [3.8, 4) is 0 Å². The number of rotatable bonds is 2. The topological polar surface area (TPSA) is 55.3 Å². The Bertz CT molecular complexity index is 469. The number of nitrogens with zero attached hydrogens (tertiary/aromatic N) is 3. The third-order valence-corrected chi connectivity index (χ3v) is 4.21. The monoisotopic (exact) mass is 275 g/mol. The zero-order chi connectivity index (χ0) is 13.9. The van der Waals surface area contributed by atoms with Crippen LogP contribution in [0.4, 0.5) is 0 Å². The first-order valence-electron chi connectivity index (χ1n) is 7.43. The number of amides is 1. The molecule has 5 nitrogen and oxygen atoms in total. The van der Waals surface area contributed by atoms with E-state index in [-0.39, 0.29) is 12.0 Å². The van der Waals surface area contributed by atoms with Crippen molar-refractivity contribution in [2.45, 2.75) is 38.7 Å². The number of morpholine rings is 1. The van der Waals surface area contributed by atoms with Crippen LogP contribution in [0.2, 0.25) is 0 Å². The smallest absolute Gasteiger partial charge is 0.225 e. The van der Waals surface area contributed by atoms with Crippen LogP contribution in [0.5, 0.6) is 0 Å². The third kappa shape index (κ3) is 2.82. The van der Waals surface area contributed by atoms with Gasteiger partial charge in [0.1, 0.15) is 6.10 Å². The minimum atomic E-state index is -0.137. The summed E-state index contributed by atoms with van der Waals surface area (Å²) in [5.41, 5.74) is 1.71. The molecule has 5 heteroatoms. The molecule has 1 amide bonds. The summed E-state index contributed by atoms with van der Waals surface area (Å²) in [4.78, 5) is 23.0. The average Bonchev–Trinajstić information content (AvgIpc) is 3.01. The predicted octanol–water partition coefficient (Wildman–Crippen LogP) is 1.88. The van der Waals surface area contributed by atoms with E-state index in [9.17, 15) is 4.79 Å². The number of carbonyl (C=O) groups excluding carboxylic acids is 1. The molecule has 0 N–H and O–H groups in total. The van der Waals surface area contributed by atoms with Gasteiger partial charge in [0.15, 0.2) is 0 Å². The molecule has 1 saturated heterocycles. The minimum Gasteiger partial charge on any atom is -0.368 e. The maximum atomic E-state index is 12.5. The van der Waals surface area contributed by atoms with Gasteiger partial charge in [-0.1, -0.05) is 12.8 Å². The lowest BCUT2D eigenvalue weighted by Crippen LogP contribution is -2.44. The van der Waals surface area contributed by atoms with Gasteiger partial charge in [-0.05, 0) is 19.8 Å². The summed E-state index contributed by atoms with van der Waals surface area (Å²) >= 11 is 0. The fourth-order valence-electron chi connectivity index (χ4n) is 3.03. The second-order valence-electron chi connectivity index (χ2n) is 5.71. The Morgan fingerprint density at radius 3 is 2.80 bits per heavy atom. The first-order valence-corrected chi connectivity index (χ1v) is 7.43. The number of hydrogen-bond acceptors (Lipinski definition) is 4. The molecule has 2 fully saturated rings. The molecule has 0 bridgehead atoms. The molecule has 0 aromatic carbocycles. The number of hydrogen-bond donors (Lipinski definition) is 0. The summed E-state index contributed by atoms with van der Waals surface area (Å²) in [5.74, 6) is 0.536. The van der Waals surface area contributed by atoms with Gasteiger partial charge in [-0.25, -0.2) is 0 Å². The van der Waals surface area contributed by atoms with Gasteiger partial charge >= 0.3 is 0 Å². The molecule has 0 radical (unpaired) electrons. The molecule has 2 aliphatic rings. The van der Waals surface area contributed by atoms with E-state index in [1.807, 2.05) is 11.8 Å². The Morgan fingerprint density at radius 1 is 1.30 bits per heavy atom. The van der Waals surface area contributed by atoms with Crippen molar-refractivity contribution in [1.82, 2.24) is 14.9 Å². The van der Waals surface area contributed by atoms with Crippen LogP contribution in [0.1, 0.15) is 43.2 Å². The molecule has 3 rings (SSSR count). The van der Waals surface area contributed by atoms with E-state index >= 15 is 0 Å². The van der Waals surface area contributed by atoms with E-state index < -0.39 is 0 Å². The van der Waals surface area contributed by atoms with E-state index in [1.54, 1.807) is 12.4 Å². The molecule has 1 aromatic rings. The lowest BCUT2D eigenvalue weighted by molar-refractivity contribution is -0.143. The minimum absolute atomic E-state index is 0.137. The molecule has 1 saturated carbocycles. The molecule has 0 unspecified atom stereocenters. The fourth-order valence-corrected chi connectivity index (χ4v) is 3.03. The third-order valence-electron chi connectivity index (χ3n) is 4.21. The molecule has 20 heavy (non-hydrogen) atoms. The van der Waals surface area contributed by atoms with Gasteiger partial charge in [0.2, 0.25) is 5.91 Å². The predicted molar refractivity (Wildman–Crippen MR) is 74.0 cm³/mol. The molecular weight excluding hydrogens is 254 g/mol. The zero-order valence-electron chi connectivity index (χ0n) is 11.9. The van der Waals surface area contributed by atoms with Gasteiger partial charge in [0.05, 0.1) is 30.7 Å². The molecule has 0 spiro atoms. The van der Waals surface area contributed by atoms with Crippen LogP contribution in [0, 0.1) is 12.8 Å². The van der Waals surface area contributed by atoms with Crippen LogP contribution in [0.25, 0.3) is 0 Å².